The van der Waals surface area contributed by atoms with Crippen molar-refractivity contribution in [1.29, 1.82) is 5.26 Å². The molecule has 0 atom stereocenters. The Labute approximate surface area is 184 Å². The van der Waals surface area contributed by atoms with Crippen molar-refractivity contribution in [3.8, 4) is 28.9 Å². The summed E-state index contributed by atoms with van der Waals surface area (Å²) in [6, 6.07) is 11.3. The molecule has 10 heteroatoms. The van der Waals surface area contributed by atoms with Crippen LogP contribution in [0.3, 0.4) is 0 Å². The Morgan fingerprint density at radius 1 is 1.10 bits per heavy atom. The highest BCUT2D eigenvalue weighted by Gasteiger charge is 2.17. The molecule has 0 aliphatic heterocycles. The number of nitriles is 1. The van der Waals surface area contributed by atoms with E-state index in [1.807, 2.05) is 40.0 Å². The summed E-state index contributed by atoms with van der Waals surface area (Å²) in [5, 5.41) is 21.3. The van der Waals surface area contributed by atoms with Crippen LogP contribution in [0.5, 0.6) is 5.75 Å². The molecule has 0 saturated heterocycles. The molecule has 0 aliphatic rings. The zero-order chi connectivity index (χ0) is 22.1. The first-order valence-corrected chi connectivity index (χ1v) is 9.72. The van der Waals surface area contributed by atoms with Crippen molar-refractivity contribution in [1.82, 2.24) is 29.5 Å². The Hall–Kier alpha value is -3.90. The highest BCUT2D eigenvalue weighted by Crippen LogP contribution is 2.30. The maximum absolute atomic E-state index is 9.02. The summed E-state index contributed by atoms with van der Waals surface area (Å²) >= 11 is 5.55. The van der Waals surface area contributed by atoms with Crippen LogP contribution in [0.4, 0.5) is 11.6 Å². The van der Waals surface area contributed by atoms with E-state index in [2.05, 4.69) is 31.6 Å². The Kier molecular flexibility index (Phi) is 5.31. The fourth-order valence-electron chi connectivity index (χ4n) is 3.47. The molecule has 0 radical (unpaired) electrons. The SMILES string of the molecule is Cc1nn(-c2cc(Nc3nn(C)c(-c4ccc(C#N)cc4)c3C)ncn2)c(C)c1OCl. The highest BCUT2D eigenvalue weighted by molar-refractivity contribution is 6.09. The van der Waals surface area contributed by atoms with Gasteiger partial charge in [-0.25, -0.2) is 14.6 Å². The van der Waals surface area contributed by atoms with Gasteiger partial charge in [0.15, 0.2) is 17.4 Å². The summed E-state index contributed by atoms with van der Waals surface area (Å²) in [5.74, 6) is 2.31. The number of nitrogens with one attached hydrogen (secondary N) is 1. The number of rotatable bonds is 5. The number of halogens is 1. The normalized spacial score (nSPS) is 10.7. The van der Waals surface area contributed by atoms with E-state index in [1.165, 1.54) is 6.33 Å². The van der Waals surface area contributed by atoms with E-state index in [0.717, 1.165) is 22.5 Å². The van der Waals surface area contributed by atoms with Gasteiger partial charge >= 0.3 is 0 Å². The average Bonchev–Trinajstić information content (AvgIpc) is 3.22. The van der Waals surface area contributed by atoms with Crippen LogP contribution in [0.1, 0.15) is 22.5 Å². The lowest BCUT2D eigenvalue weighted by Crippen LogP contribution is -2.05. The maximum atomic E-state index is 9.02. The van der Waals surface area contributed by atoms with E-state index in [0.29, 0.717) is 34.5 Å². The second-order valence-electron chi connectivity index (χ2n) is 7.01. The first-order chi connectivity index (χ1) is 14.9. The van der Waals surface area contributed by atoms with E-state index in [1.54, 1.807) is 27.6 Å². The molecule has 156 valence electrons. The van der Waals surface area contributed by atoms with E-state index >= 15 is 0 Å². The van der Waals surface area contributed by atoms with Crippen molar-refractivity contribution in [2.45, 2.75) is 20.8 Å². The Balaban J connectivity index is 1.66. The van der Waals surface area contributed by atoms with Crippen LogP contribution in [-0.4, -0.2) is 29.5 Å². The Morgan fingerprint density at radius 2 is 1.84 bits per heavy atom. The topological polar surface area (TPSA) is 106 Å². The monoisotopic (exact) mass is 434 g/mol. The van der Waals surface area contributed by atoms with Crippen LogP contribution in [0.25, 0.3) is 17.1 Å². The van der Waals surface area contributed by atoms with Gasteiger partial charge in [0.2, 0.25) is 0 Å². The van der Waals surface area contributed by atoms with Crippen LogP contribution < -0.4 is 9.61 Å². The standard InChI is InChI=1S/C21H19ClN8O/c1-12-19(16-7-5-15(10-23)6-8-16)29(4)28-21(12)26-17-9-18(25-11-24-17)30-14(3)20(31-22)13(2)27-30/h5-9,11H,1-4H3,(H,24,25,26,28). The third kappa shape index (κ3) is 3.69. The number of anilines is 2. The molecule has 3 aromatic heterocycles. The summed E-state index contributed by atoms with van der Waals surface area (Å²) in [6.45, 7) is 5.64. The lowest BCUT2D eigenvalue weighted by atomic mass is 10.1. The van der Waals surface area contributed by atoms with E-state index in [-0.39, 0.29) is 0 Å². The number of hydrogen-bond donors (Lipinski definition) is 1. The first kappa shape index (κ1) is 20.4. The largest absolute Gasteiger partial charge is 0.382 e. The van der Waals surface area contributed by atoms with Gasteiger partial charge in [-0.2, -0.15) is 15.5 Å². The van der Waals surface area contributed by atoms with Crippen molar-refractivity contribution in [3.05, 3.63) is 59.2 Å². The van der Waals surface area contributed by atoms with Crippen molar-refractivity contribution >= 4 is 23.5 Å². The van der Waals surface area contributed by atoms with E-state index < -0.39 is 0 Å². The third-order valence-corrected chi connectivity index (χ3v) is 5.14. The van der Waals surface area contributed by atoms with Crippen LogP contribution in [0.2, 0.25) is 0 Å². The lowest BCUT2D eigenvalue weighted by Gasteiger charge is -2.07. The molecular weight excluding hydrogens is 416 g/mol. The van der Waals surface area contributed by atoms with Crippen LogP contribution >= 0.6 is 11.9 Å². The summed E-state index contributed by atoms with van der Waals surface area (Å²) in [5.41, 5.74) is 4.88. The second-order valence-corrected chi connectivity index (χ2v) is 7.16. The molecule has 0 bridgehead atoms. The highest BCUT2D eigenvalue weighted by atomic mass is 35.5. The van der Waals surface area contributed by atoms with Gasteiger partial charge in [-0.15, -0.1) is 0 Å². The van der Waals surface area contributed by atoms with Gasteiger partial charge in [-0.1, -0.05) is 12.1 Å². The van der Waals surface area contributed by atoms with Gasteiger partial charge in [0, 0.05) is 24.2 Å². The molecule has 0 saturated carbocycles. The zero-order valence-electron chi connectivity index (χ0n) is 17.4. The molecule has 31 heavy (non-hydrogen) atoms. The summed E-state index contributed by atoms with van der Waals surface area (Å²) in [4.78, 5) is 8.62. The van der Waals surface area contributed by atoms with Gasteiger partial charge < -0.3 is 9.61 Å². The minimum absolute atomic E-state index is 0.502. The first-order valence-electron chi connectivity index (χ1n) is 9.41. The minimum atomic E-state index is 0.502. The molecule has 9 nitrogen and oxygen atoms in total. The van der Waals surface area contributed by atoms with Crippen molar-refractivity contribution in [3.63, 3.8) is 0 Å². The number of aromatic nitrogens is 6. The molecule has 4 rings (SSSR count). The number of aryl methyl sites for hydroxylation is 2. The quantitative estimate of drug-likeness (QED) is 0.503. The average molecular weight is 435 g/mol. The fraction of sp³-hybridized carbons (Fsp3) is 0.190. The maximum Gasteiger partial charge on any atom is 0.190 e. The molecule has 3 heterocycles. The summed E-state index contributed by atoms with van der Waals surface area (Å²) in [6.07, 6.45) is 1.45. The van der Waals surface area contributed by atoms with Crippen molar-refractivity contribution in [2.75, 3.05) is 5.32 Å². The number of hydrogen-bond acceptors (Lipinski definition) is 7. The molecule has 0 amide bonds. The molecule has 0 spiro atoms. The van der Waals surface area contributed by atoms with Gasteiger partial charge in [0.05, 0.1) is 23.0 Å². The Bertz CT molecular complexity index is 1300. The van der Waals surface area contributed by atoms with Crippen molar-refractivity contribution < 1.29 is 4.29 Å². The number of nitrogens with zero attached hydrogens (tertiary/aromatic N) is 7. The molecule has 0 aliphatic carbocycles. The van der Waals surface area contributed by atoms with Gasteiger partial charge in [-0.3, -0.25) is 4.68 Å². The molecule has 4 aromatic rings. The van der Waals surface area contributed by atoms with Gasteiger partial charge in [-0.05, 0) is 32.9 Å². The van der Waals surface area contributed by atoms with Crippen LogP contribution in [0.15, 0.2) is 36.7 Å². The van der Waals surface area contributed by atoms with E-state index in [9.17, 15) is 0 Å². The summed E-state index contributed by atoms with van der Waals surface area (Å²) < 4.78 is 8.34. The number of benzene rings is 1. The fourth-order valence-corrected chi connectivity index (χ4v) is 3.69. The predicted molar refractivity (Wildman–Crippen MR) is 116 cm³/mol. The Morgan fingerprint density at radius 3 is 2.48 bits per heavy atom. The molecule has 0 unspecified atom stereocenters. The third-order valence-electron chi connectivity index (χ3n) is 4.99. The van der Waals surface area contributed by atoms with Gasteiger partial charge in [0.25, 0.3) is 0 Å². The molecule has 1 aromatic carbocycles. The van der Waals surface area contributed by atoms with Crippen LogP contribution in [0, 0.1) is 32.1 Å². The van der Waals surface area contributed by atoms with E-state index in [4.69, 9.17) is 21.4 Å². The smallest absolute Gasteiger partial charge is 0.190 e. The molecular formula is C21H19ClN8O. The van der Waals surface area contributed by atoms with Crippen LogP contribution in [-0.2, 0) is 7.05 Å². The second kappa shape index (κ2) is 8.08. The summed E-state index contributed by atoms with van der Waals surface area (Å²) in [7, 11) is 1.88. The zero-order valence-corrected chi connectivity index (χ0v) is 18.1. The predicted octanol–water partition coefficient (Wildman–Crippen LogP) is 4.14. The van der Waals surface area contributed by atoms with Crippen molar-refractivity contribution in [2.24, 2.45) is 7.05 Å². The minimum Gasteiger partial charge on any atom is -0.382 e. The lowest BCUT2D eigenvalue weighted by molar-refractivity contribution is 0.606. The van der Waals surface area contributed by atoms with Gasteiger partial charge in [0.1, 0.15) is 29.7 Å². The molecule has 0 fully saturated rings. The molecule has 1 N–H and O–H groups in total.